The lowest BCUT2D eigenvalue weighted by Gasteiger charge is -2.18. The second kappa shape index (κ2) is 7.41. The monoisotopic (exact) mass is 405 g/mol. The van der Waals surface area contributed by atoms with Crippen LogP contribution in [0.4, 0.5) is 18.9 Å². The largest absolute Gasteiger partial charge is 0.486 e. The van der Waals surface area contributed by atoms with Crippen molar-refractivity contribution in [2.24, 2.45) is 0 Å². The number of hydrogen-bond acceptors (Lipinski definition) is 6. The van der Waals surface area contributed by atoms with E-state index in [9.17, 15) is 18.0 Å². The van der Waals surface area contributed by atoms with Gasteiger partial charge in [-0.15, -0.1) is 10.2 Å². The lowest BCUT2D eigenvalue weighted by molar-refractivity contribution is -0.137. The van der Waals surface area contributed by atoms with Crippen LogP contribution in [0.5, 0.6) is 11.5 Å². The number of ether oxygens (including phenoxy) is 2. The molecule has 0 fully saturated rings. The van der Waals surface area contributed by atoms with Gasteiger partial charge >= 0.3 is 6.18 Å². The number of nitrogens with one attached hydrogen (secondary N) is 1. The average molecular weight is 405 g/mol. The fourth-order valence-corrected chi connectivity index (χ4v) is 2.68. The van der Waals surface area contributed by atoms with Crippen molar-refractivity contribution in [3.63, 3.8) is 0 Å². The van der Waals surface area contributed by atoms with Crippen LogP contribution in [0, 0.1) is 0 Å². The van der Waals surface area contributed by atoms with Gasteiger partial charge in [0.15, 0.2) is 11.5 Å². The molecule has 1 aliphatic rings. The molecule has 2 heterocycles. The normalized spacial score (nSPS) is 13.2. The number of anilines is 1. The van der Waals surface area contributed by atoms with Crippen molar-refractivity contribution in [2.45, 2.75) is 12.7 Å². The van der Waals surface area contributed by atoms with Crippen LogP contribution >= 0.6 is 0 Å². The van der Waals surface area contributed by atoms with Crippen LogP contribution in [0.1, 0.15) is 5.56 Å². The smallest absolute Gasteiger partial charge is 0.416 e. The summed E-state index contributed by atoms with van der Waals surface area (Å²) in [4.78, 5) is 13.3. The summed E-state index contributed by atoms with van der Waals surface area (Å²) >= 11 is 0. The molecular weight excluding hydrogens is 391 g/mol. The van der Waals surface area contributed by atoms with E-state index in [-0.39, 0.29) is 12.4 Å². The molecule has 3 aromatic rings. The zero-order valence-corrected chi connectivity index (χ0v) is 14.8. The predicted molar refractivity (Wildman–Crippen MR) is 94.3 cm³/mol. The van der Waals surface area contributed by atoms with Gasteiger partial charge < -0.3 is 14.8 Å². The van der Waals surface area contributed by atoms with Crippen molar-refractivity contribution >= 4 is 11.6 Å². The Morgan fingerprint density at radius 3 is 2.52 bits per heavy atom. The van der Waals surface area contributed by atoms with E-state index in [0.29, 0.717) is 36.0 Å². The molecule has 1 aromatic heterocycles. The summed E-state index contributed by atoms with van der Waals surface area (Å²) in [6.07, 6.45) is -4.42. The SMILES string of the molecule is O=C(Cn1nnc(-c2ccc(C(F)(F)F)cc2)n1)Nc1ccc2c(c1)OCCO2. The van der Waals surface area contributed by atoms with Gasteiger partial charge in [0.05, 0.1) is 5.56 Å². The van der Waals surface area contributed by atoms with Crippen molar-refractivity contribution in [2.75, 3.05) is 18.5 Å². The number of carbonyl (C=O) groups is 1. The van der Waals surface area contributed by atoms with Crippen molar-refractivity contribution in [3.8, 4) is 22.9 Å². The first-order chi connectivity index (χ1) is 13.9. The van der Waals surface area contributed by atoms with E-state index in [4.69, 9.17) is 9.47 Å². The molecule has 0 saturated heterocycles. The molecule has 0 aliphatic carbocycles. The summed E-state index contributed by atoms with van der Waals surface area (Å²) in [6.45, 7) is 0.681. The zero-order valence-electron chi connectivity index (χ0n) is 14.8. The summed E-state index contributed by atoms with van der Waals surface area (Å²) in [5, 5.41) is 14.3. The Kier molecular flexibility index (Phi) is 4.79. The highest BCUT2D eigenvalue weighted by molar-refractivity contribution is 5.90. The Balaban J connectivity index is 1.40. The highest BCUT2D eigenvalue weighted by Gasteiger charge is 2.30. The number of tetrazole rings is 1. The molecule has 0 atom stereocenters. The lowest BCUT2D eigenvalue weighted by Crippen LogP contribution is -2.21. The molecule has 2 aromatic carbocycles. The fraction of sp³-hybridized carbons (Fsp3) is 0.222. The van der Waals surface area contributed by atoms with Crippen LogP contribution in [0.3, 0.4) is 0 Å². The van der Waals surface area contributed by atoms with Gasteiger partial charge in [0.2, 0.25) is 11.7 Å². The van der Waals surface area contributed by atoms with Gasteiger partial charge in [0.25, 0.3) is 0 Å². The number of aromatic nitrogens is 4. The van der Waals surface area contributed by atoms with E-state index in [0.717, 1.165) is 16.9 Å². The number of hydrogen-bond donors (Lipinski definition) is 1. The standard InChI is InChI=1S/C18H14F3N5O3/c19-18(20,21)12-3-1-11(2-4-12)17-23-25-26(24-17)10-16(27)22-13-5-6-14-15(9-13)29-8-7-28-14/h1-6,9H,7-8,10H2,(H,22,27). The van der Waals surface area contributed by atoms with Crippen LogP contribution in [0.25, 0.3) is 11.4 Å². The molecule has 0 saturated carbocycles. The minimum absolute atomic E-state index is 0.117. The summed E-state index contributed by atoms with van der Waals surface area (Å²) in [6, 6.07) is 9.39. The number of carbonyl (C=O) groups excluding carboxylic acids is 1. The molecule has 4 rings (SSSR count). The molecule has 0 radical (unpaired) electrons. The molecule has 1 aliphatic heterocycles. The zero-order chi connectivity index (χ0) is 20.4. The summed E-state index contributed by atoms with van der Waals surface area (Å²) < 4.78 is 48.8. The van der Waals surface area contributed by atoms with Gasteiger partial charge in [-0.3, -0.25) is 4.79 Å². The maximum Gasteiger partial charge on any atom is 0.416 e. The third-order valence-electron chi connectivity index (χ3n) is 4.03. The third-order valence-corrected chi connectivity index (χ3v) is 4.03. The van der Waals surface area contributed by atoms with Crippen LogP contribution in [0.15, 0.2) is 42.5 Å². The highest BCUT2D eigenvalue weighted by Crippen LogP contribution is 2.32. The van der Waals surface area contributed by atoms with Gasteiger partial charge in [-0.05, 0) is 29.5 Å². The Morgan fingerprint density at radius 1 is 1.07 bits per heavy atom. The second-order valence-electron chi connectivity index (χ2n) is 6.13. The van der Waals surface area contributed by atoms with Crippen LogP contribution < -0.4 is 14.8 Å². The minimum atomic E-state index is -4.42. The van der Waals surface area contributed by atoms with E-state index in [1.807, 2.05) is 0 Å². The topological polar surface area (TPSA) is 91.2 Å². The van der Waals surface area contributed by atoms with Crippen molar-refractivity contribution in [1.29, 1.82) is 0 Å². The molecule has 0 bridgehead atoms. The Bertz CT molecular complexity index is 1030. The van der Waals surface area contributed by atoms with E-state index in [1.54, 1.807) is 18.2 Å². The molecule has 8 nitrogen and oxygen atoms in total. The molecule has 1 amide bonds. The molecule has 29 heavy (non-hydrogen) atoms. The van der Waals surface area contributed by atoms with E-state index >= 15 is 0 Å². The quantitative estimate of drug-likeness (QED) is 0.718. The first-order valence-corrected chi connectivity index (χ1v) is 8.53. The average Bonchev–Trinajstić information content (AvgIpc) is 3.15. The van der Waals surface area contributed by atoms with Gasteiger partial charge in [-0.1, -0.05) is 12.1 Å². The predicted octanol–water partition coefficient (Wildman–Crippen LogP) is 2.77. The molecule has 11 heteroatoms. The van der Waals surface area contributed by atoms with Crippen LogP contribution in [-0.2, 0) is 17.5 Å². The van der Waals surface area contributed by atoms with Crippen LogP contribution in [0.2, 0.25) is 0 Å². The third kappa shape index (κ3) is 4.28. The first-order valence-electron chi connectivity index (χ1n) is 8.53. The highest BCUT2D eigenvalue weighted by atomic mass is 19.4. The minimum Gasteiger partial charge on any atom is -0.486 e. The van der Waals surface area contributed by atoms with Gasteiger partial charge in [0.1, 0.15) is 19.8 Å². The molecule has 1 N–H and O–H groups in total. The maximum absolute atomic E-state index is 12.6. The molecular formula is C18H14F3N5O3. The first kappa shape index (κ1) is 18.7. The number of rotatable bonds is 4. The number of halogens is 3. The summed E-state index contributed by atoms with van der Waals surface area (Å²) in [7, 11) is 0. The lowest BCUT2D eigenvalue weighted by atomic mass is 10.1. The van der Waals surface area contributed by atoms with Crippen molar-refractivity contribution in [1.82, 2.24) is 20.2 Å². The summed E-state index contributed by atoms with van der Waals surface area (Å²) in [5.41, 5.74) is 0.103. The van der Waals surface area contributed by atoms with Crippen molar-refractivity contribution < 1.29 is 27.4 Å². The fourth-order valence-electron chi connectivity index (χ4n) is 2.68. The Morgan fingerprint density at radius 2 is 1.79 bits per heavy atom. The molecule has 150 valence electrons. The number of amides is 1. The maximum atomic E-state index is 12.6. The van der Waals surface area contributed by atoms with Gasteiger partial charge in [-0.25, -0.2) is 0 Å². The number of benzene rings is 2. The Hall–Kier alpha value is -3.63. The van der Waals surface area contributed by atoms with Gasteiger partial charge in [0, 0.05) is 17.3 Å². The Labute approximate surface area is 162 Å². The van der Waals surface area contributed by atoms with Gasteiger partial charge in [-0.2, -0.15) is 18.0 Å². The van der Waals surface area contributed by atoms with Crippen molar-refractivity contribution in [3.05, 3.63) is 48.0 Å². The van der Waals surface area contributed by atoms with E-state index in [1.165, 1.54) is 12.1 Å². The second-order valence-corrected chi connectivity index (χ2v) is 6.13. The summed E-state index contributed by atoms with van der Waals surface area (Å²) in [5.74, 6) is 0.856. The number of nitrogens with zero attached hydrogens (tertiary/aromatic N) is 4. The van der Waals surface area contributed by atoms with Crippen LogP contribution in [-0.4, -0.2) is 39.3 Å². The molecule has 0 unspecified atom stereocenters. The number of fused-ring (bicyclic) bond motifs is 1. The van der Waals surface area contributed by atoms with E-state index in [2.05, 4.69) is 20.7 Å². The van der Waals surface area contributed by atoms with E-state index < -0.39 is 17.6 Å². The molecule has 0 spiro atoms. The number of alkyl halides is 3.